The second-order valence-electron chi connectivity index (χ2n) is 8.15. The van der Waals surface area contributed by atoms with Gasteiger partial charge in [0, 0.05) is 13.1 Å². The first-order chi connectivity index (χ1) is 14.8. The molecule has 1 saturated heterocycles. The van der Waals surface area contributed by atoms with Crippen LogP contribution in [0.1, 0.15) is 42.8 Å². The van der Waals surface area contributed by atoms with Crippen molar-refractivity contribution in [2.24, 2.45) is 5.92 Å². The van der Waals surface area contributed by atoms with Crippen LogP contribution in [-0.2, 0) is 14.8 Å². The fourth-order valence-corrected chi connectivity index (χ4v) is 6.20. The van der Waals surface area contributed by atoms with Gasteiger partial charge >= 0.3 is 0 Å². The Labute approximate surface area is 182 Å². The summed E-state index contributed by atoms with van der Waals surface area (Å²) in [6.07, 6.45) is 1.28. The lowest BCUT2D eigenvalue weighted by Gasteiger charge is -2.31. The van der Waals surface area contributed by atoms with Crippen molar-refractivity contribution in [3.05, 3.63) is 59.5 Å². The summed E-state index contributed by atoms with van der Waals surface area (Å²) in [4.78, 5) is 13.2. The normalized spacial score (nSPS) is 18.7. The third-order valence-electron chi connectivity index (χ3n) is 5.97. The monoisotopic (exact) mass is 441 g/mol. The Morgan fingerprint density at radius 2 is 1.94 bits per heavy atom. The van der Waals surface area contributed by atoms with E-state index in [4.69, 9.17) is 4.52 Å². The summed E-state index contributed by atoms with van der Waals surface area (Å²) in [5, 5.41) is 9.09. The number of carbonyl (C=O) groups excluding carboxylic acids is 1. The van der Waals surface area contributed by atoms with Gasteiger partial charge in [-0.2, -0.15) is 4.31 Å². The van der Waals surface area contributed by atoms with Crippen molar-refractivity contribution in [2.75, 3.05) is 13.1 Å². The molecule has 0 spiro atoms. The maximum atomic E-state index is 13.1. The van der Waals surface area contributed by atoms with Crippen molar-refractivity contribution in [3.8, 4) is 0 Å². The predicted octanol–water partition coefficient (Wildman–Crippen LogP) is 3.72. The number of aryl methyl sites for hydroxylation is 2. The van der Waals surface area contributed by atoms with Gasteiger partial charge in [-0.3, -0.25) is 4.79 Å². The molecule has 0 unspecified atom stereocenters. The van der Waals surface area contributed by atoms with E-state index in [9.17, 15) is 13.2 Å². The van der Waals surface area contributed by atoms with Gasteiger partial charge in [-0.1, -0.05) is 47.6 Å². The molecule has 0 radical (unpaired) electrons. The number of rotatable bonds is 5. The number of piperidine rings is 1. The molecule has 0 saturated carbocycles. The van der Waals surface area contributed by atoms with E-state index in [-0.39, 0.29) is 29.1 Å². The number of fused-ring (bicyclic) bond motifs is 1. The molecule has 3 aromatic rings. The molecule has 1 fully saturated rings. The minimum absolute atomic E-state index is 0.109. The predicted molar refractivity (Wildman–Crippen MR) is 118 cm³/mol. The molecule has 8 heteroatoms. The fourth-order valence-electron chi connectivity index (χ4n) is 4.38. The Morgan fingerprint density at radius 1 is 1.19 bits per heavy atom. The van der Waals surface area contributed by atoms with Crippen LogP contribution in [0.5, 0.6) is 0 Å². The van der Waals surface area contributed by atoms with Crippen molar-refractivity contribution in [3.63, 3.8) is 0 Å². The molecule has 0 bridgehead atoms. The van der Waals surface area contributed by atoms with Gasteiger partial charge < -0.3 is 9.84 Å². The first kappa shape index (κ1) is 21.5. The van der Waals surface area contributed by atoms with Gasteiger partial charge in [0.15, 0.2) is 5.76 Å². The highest BCUT2D eigenvalue weighted by molar-refractivity contribution is 7.89. The fraction of sp³-hybridized carbons (Fsp3) is 0.391. The molecular weight excluding hydrogens is 414 g/mol. The van der Waals surface area contributed by atoms with Crippen LogP contribution in [-0.4, -0.2) is 36.9 Å². The summed E-state index contributed by atoms with van der Waals surface area (Å²) in [5.74, 6) is -0.255. The molecule has 1 aliphatic rings. The number of hydrogen-bond acceptors (Lipinski definition) is 5. The largest absolute Gasteiger partial charge is 0.360 e. The molecule has 2 heterocycles. The molecule has 1 N–H and O–H groups in total. The van der Waals surface area contributed by atoms with Crippen LogP contribution in [0.15, 0.2) is 51.9 Å². The van der Waals surface area contributed by atoms with Crippen LogP contribution < -0.4 is 5.32 Å². The number of hydrogen-bond donors (Lipinski definition) is 1. The van der Waals surface area contributed by atoms with Gasteiger partial charge in [-0.15, -0.1) is 0 Å². The Balaban J connectivity index is 1.50. The lowest BCUT2D eigenvalue weighted by molar-refractivity contribution is -0.126. The van der Waals surface area contributed by atoms with Crippen molar-refractivity contribution >= 4 is 26.7 Å². The number of sulfonamides is 1. The summed E-state index contributed by atoms with van der Waals surface area (Å²) in [7, 11) is -3.76. The van der Waals surface area contributed by atoms with Crippen molar-refractivity contribution in [1.29, 1.82) is 0 Å². The Hall–Kier alpha value is -2.71. The first-order valence-corrected chi connectivity index (χ1v) is 11.9. The van der Waals surface area contributed by atoms with E-state index >= 15 is 0 Å². The number of amides is 1. The summed E-state index contributed by atoms with van der Waals surface area (Å²) in [6.45, 7) is 5.70. The quantitative estimate of drug-likeness (QED) is 0.651. The molecule has 31 heavy (non-hydrogen) atoms. The minimum Gasteiger partial charge on any atom is -0.360 e. The van der Waals surface area contributed by atoms with Gasteiger partial charge in [0.2, 0.25) is 15.9 Å². The van der Waals surface area contributed by atoms with Gasteiger partial charge in [0.1, 0.15) is 10.6 Å². The Kier molecular flexibility index (Phi) is 5.85. The van der Waals surface area contributed by atoms with E-state index in [0.29, 0.717) is 25.1 Å². The second kappa shape index (κ2) is 8.43. The number of carbonyl (C=O) groups is 1. The molecule has 2 atom stereocenters. The third kappa shape index (κ3) is 4.09. The van der Waals surface area contributed by atoms with Gasteiger partial charge in [0.05, 0.1) is 12.0 Å². The zero-order valence-corrected chi connectivity index (χ0v) is 18.8. The van der Waals surface area contributed by atoms with Crippen LogP contribution in [0.25, 0.3) is 10.8 Å². The molecule has 7 nitrogen and oxygen atoms in total. The molecule has 1 amide bonds. The Morgan fingerprint density at radius 3 is 2.68 bits per heavy atom. The van der Waals surface area contributed by atoms with E-state index in [0.717, 1.165) is 16.3 Å². The maximum absolute atomic E-state index is 13.1. The van der Waals surface area contributed by atoms with E-state index in [1.165, 1.54) is 4.31 Å². The second-order valence-corrected chi connectivity index (χ2v) is 10.0. The first-order valence-electron chi connectivity index (χ1n) is 10.5. The highest BCUT2D eigenvalue weighted by Crippen LogP contribution is 2.29. The average molecular weight is 442 g/mol. The molecular formula is C23H27N3O4S. The molecule has 0 aliphatic carbocycles. The van der Waals surface area contributed by atoms with E-state index < -0.39 is 15.9 Å². The molecule has 164 valence electrons. The topological polar surface area (TPSA) is 92.5 Å². The lowest BCUT2D eigenvalue weighted by Crippen LogP contribution is -2.46. The van der Waals surface area contributed by atoms with Crippen LogP contribution >= 0.6 is 0 Å². The van der Waals surface area contributed by atoms with Gasteiger partial charge in [-0.05, 0) is 49.9 Å². The maximum Gasteiger partial charge on any atom is 0.248 e. The minimum atomic E-state index is -3.76. The van der Waals surface area contributed by atoms with Gasteiger partial charge in [0.25, 0.3) is 0 Å². The highest BCUT2D eigenvalue weighted by atomic mass is 32.2. The summed E-state index contributed by atoms with van der Waals surface area (Å²) >= 11 is 0. The zero-order chi connectivity index (χ0) is 22.2. The van der Waals surface area contributed by atoms with E-state index in [1.54, 1.807) is 13.8 Å². The van der Waals surface area contributed by atoms with E-state index in [1.807, 2.05) is 49.4 Å². The SMILES string of the molecule is Cc1noc(C)c1S(=O)(=O)N1CCC[C@@H](C(=O)N[C@H](C)c2cccc3ccccc23)C1. The molecule has 2 aromatic carbocycles. The smallest absolute Gasteiger partial charge is 0.248 e. The van der Waals surface area contributed by atoms with Crippen LogP contribution in [0.4, 0.5) is 0 Å². The molecule has 4 rings (SSSR count). The standard InChI is InChI=1S/C23H27N3O4S/c1-15(20-12-6-9-18-8-4-5-11-21(18)20)24-23(27)19-10-7-13-26(14-19)31(28,29)22-16(2)25-30-17(22)3/h4-6,8-9,11-12,15,19H,7,10,13-14H2,1-3H3,(H,24,27)/t15-,19-/m1/s1. The van der Waals surface area contributed by atoms with Crippen LogP contribution in [0.2, 0.25) is 0 Å². The number of benzene rings is 2. The van der Waals surface area contributed by atoms with Crippen molar-refractivity contribution in [2.45, 2.75) is 44.6 Å². The van der Waals surface area contributed by atoms with E-state index in [2.05, 4.69) is 10.5 Å². The number of nitrogens with zero attached hydrogens (tertiary/aromatic N) is 2. The lowest BCUT2D eigenvalue weighted by atomic mass is 9.96. The highest BCUT2D eigenvalue weighted by Gasteiger charge is 2.36. The third-order valence-corrected chi connectivity index (χ3v) is 8.08. The van der Waals surface area contributed by atoms with Crippen molar-refractivity contribution in [1.82, 2.24) is 14.8 Å². The summed E-state index contributed by atoms with van der Waals surface area (Å²) < 4.78 is 32.7. The summed E-state index contributed by atoms with van der Waals surface area (Å²) in [6, 6.07) is 13.9. The van der Waals surface area contributed by atoms with Crippen LogP contribution in [0.3, 0.4) is 0 Å². The zero-order valence-electron chi connectivity index (χ0n) is 18.0. The average Bonchev–Trinajstić information content (AvgIpc) is 3.12. The van der Waals surface area contributed by atoms with Gasteiger partial charge in [-0.25, -0.2) is 8.42 Å². The van der Waals surface area contributed by atoms with Crippen LogP contribution in [0, 0.1) is 19.8 Å². The summed E-state index contributed by atoms with van der Waals surface area (Å²) in [5.41, 5.74) is 1.39. The molecule has 1 aliphatic heterocycles. The number of aromatic nitrogens is 1. The Bertz CT molecular complexity index is 1190. The molecule has 1 aromatic heterocycles. The van der Waals surface area contributed by atoms with Crippen molar-refractivity contribution < 1.29 is 17.7 Å². The number of nitrogens with one attached hydrogen (secondary N) is 1.